The zero-order valence-corrected chi connectivity index (χ0v) is 14.1. The molecule has 0 atom stereocenters. The number of aryl methyl sites for hydroxylation is 1. The van der Waals surface area contributed by atoms with E-state index in [-0.39, 0.29) is 22.2 Å². The molecule has 0 radical (unpaired) electrons. The Balaban J connectivity index is 1.89. The van der Waals surface area contributed by atoms with E-state index in [1.54, 1.807) is 18.2 Å². The first-order chi connectivity index (χ1) is 11.5. The second-order valence-electron chi connectivity index (χ2n) is 5.27. The lowest BCUT2D eigenvalue weighted by molar-refractivity contribution is 0.0474. The van der Waals surface area contributed by atoms with E-state index in [0.717, 1.165) is 5.56 Å². The molecule has 6 heteroatoms. The van der Waals surface area contributed by atoms with Crippen LogP contribution in [0, 0.1) is 6.92 Å². The predicted molar refractivity (Wildman–Crippen MR) is 92.8 cm³/mol. The maximum absolute atomic E-state index is 12.2. The van der Waals surface area contributed by atoms with E-state index in [1.165, 1.54) is 12.1 Å². The van der Waals surface area contributed by atoms with Crippen LogP contribution in [0.4, 0.5) is 0 Å². The smallest absolute Gasteiger partial charge is 0.340 e. The summed E-state index contributed by atoms with van der Waals surface area (Å²) in [5.74, 6) is -0.615. The Bertz CT molecular complexity index is 992. The summed E-state index contributed by atoms with van der Waals surface area (Å²) < 4.78 is 10.5. The molecule has 0 saturated heterocycles. The van der Waals surface area contributed by atoms with Crippen LogP contribution < -0.4 is 5.63 Å². The van der Waals surface area contributed by atoms with Gasteiger partial charge in [0.05, 0.1) is 15.6 Å². The van der Waals surface area contributed by atoms with E-state index in [9.17, 15) is 9.59 Å². The Morgan fingerprint density at radius 1 is 1.17 bits per heavy atom. The molecular weight excluding hydrogens is 351 g/mol. The average molecular weight is 363 g/mol. The highest BCUT2D eigenvalue weighted by Crippen LogP contribution is 2.26. The van der Waals surface area contributed by atoms with Crippen LogP contribution in [-0.2, 0) is 11.3 Å². The Morgan fingerprint density at radius 3 is 2.75 bits per heavy atom. The van der Waals surface area contributed by atoms with Crippen molar-refractivity contribution in [2.45, 2.75) is 13.5 Å². The van der Waals surface area contributed by atoms with Crippen LogP contribution in [-0.4, -0.2) is 5.97 Å². The fourth-order valence-electron chi connectivity index (χ4n) is 2.34. The molecule has 0 bridgehead atoms. The minimum absolute atomic E-state index is 0.0766. The van der Waals surface area contributed by atoms with Crippen molar-refractivity contribution in [3.8, 4) is 0 Å². The number of ether oxygens (including phenoxy) is 1. The van der Waals surface area contributed by atoms with Gasteiger partial charge in [0.2, 0.25) is 0 Å². The Labute approximate surface area is 147 Å². The maximum Gasteiger partial charge on any atom is 0.340 e. The molecule has 2 aromatic carbocycles. The summed E-state index contributed by atoms with van der Waals surface area (Å²) in [5.41, 5.74) is 1.65. The van der Waals surface area contributed by atoms with E-state index in [2.05, 4.69) is 0 Å². The molecule has 0 amide bonds. The third kappa shape index (κ3) is 3.30. The fraction of sp³-hybridized carbons (Fsp3) is 0.111. The van der Waals surface area contributed by atoms with Crippen molar-refractivity contribution in [3.05, 3.63) is 79.6 Å². The monoisotopic (exact) mass is 362 g/mol. The number of carbonyl (C=O) groups excluding carboxylic acids is 1. The van der Waals surface area contributed by atoms with E-state index >= 15 is 0 Å². The van der Waals surface area contributed by atoms with Gasteiger partial charge in [-0.1, -0.05) is 41.4 Å². The first-order valence-corrected chi connectivity index (χ1v) is 7.86. The largest absolute Gasteiger partial charge is 0.457 e. The average Bonchev–Trinajstić information content (AvgIpc) is 2.54. The lowest BCUT2D eigenvalue weighted by Gasteiger charge is -2.09. The van der Waals surface area contributed by atoms with Crippen LogP contribution in [0.2, 0.25) is 10.0 Å². The summed E-state index contributed by atoms with van der Waals surface area (Å²) >= 11 is 11.9. The number of hydrogen-bond donors (Lipinski definition) is 0. The van der Waals surface area contributed by atoms with Crippen LogP contribution in [0.15, 0.2) is 51.7 Å². The summed E-state index contributed by atoms with van der Waals surface area (Å²) in [4.78, 5) is 23.9. The highest BCUT2D eigenvalue weighted by atomic mass is 35.5. The normalized spacial score (nSPS) is 10.8. The summed E-state index contributed by atoms with van der Waals surface area (Å²) in [6.45, 7) is 1.82. The van der Waals surface area contributed by atoms with Crippen molar-refractivity contribution in [3.63, 3.8) is 0 Å². The molecule has 0 N–H and O–H groups in total. The van der Waals surface area contributed by atoms with Gasteiger partial charge < -0.3 is 9.15 Å². The van der Waals surface area contributed by atoms with Gasteiger partial charge in [-0.2, -0.15) is 0 Å². The van der Waals surface area contributed by atoms with Crippen LogP contribution in [0.5, 0.6) is 0 Å². The van der Waals surface area contributed by atoms with E-state index in [1.807, 2.05) is 19.1 Å². The molecule has 0 spiro atoms. The minimum Gasteiger partial charge on any atom is -0.457 e. The van der Waals surface area contributed by atoms with Crippen LogP contribution in [0.25, 0.3) is 11.0 Å². The van der Waals surface area contributed by atoms with E-state index in [4.69, 9.17) is 32.4 Å². The molecule has 0 aliphatic heterocycles. The topological polar surface area (TPSA) is 56.5 Å². The van der Waals surface area contributed by atoms with Gasteiger partial charge in [-0.15, -0.1) is 0 Å². The number of rotatable bonds is 3. The van der Waals surface area contributed by atoms with Crippen LogP contribution in [0.1, 0.15) is 21.5 Å². The van der Waals surface area contributed by atoms with Gasteiger partial charge in [0, 0.05) is 17.0 Å². The van der Waals surface area contributed by atoms with Gasteiger partial charge in [-0.25, -0.2) is 9.59 Å². The standard InChI is InChI=1S/C18H12Cl2O4/c1-10-5-6-12-11(8-16(21)24-15(12)7-10)9-23-18(22)13-3-2-4-14(19)17(13)20/h2-8H,9H2,1H3. The van der Waals surface area contributed by atoms with Gasteiger partial charge >= 0.3 is 11.6 Å². The highest BCUT2D eigenvalue weighted by Gasteiger charge is 2.15. The van der Waals surface area contributed by atoms with Crippen molar-refractivity contribution >= 4 is 40.1 Å². The molecular formula is C18H12Cl2O4. The molecule has 122 valence electrons. The first-order valence-electron chi connectivity index (χ1n) is 7.10. The number of halogens is 2. The second kappa shape index (κ2) is 6.67. The van der Waals surface area contributed by atoms with Crippen molar-refractivity contribution < 1.29 is 13.9 Å². The van der Waals surface area contributed by atoms with Crippen molar-refractivity contribution in [2.75, 3.05) is 0 Å². The van der Waals surface area contributed by atoms with Crippen molar-refractivity contribution in [1.29, 1.82) is 0 Å². The lowest BCUT2D eigenvalue weighted by atomic mass is 10.1. The third-order valence-electron chi connectivity index (χ3n) is 3.52. The lowest BCUT2D eigenvalue weighted by Crippen LogP contribution is -2.08. The van der Waals surface area contributed by atoms with Crippen molar-refractivity contribution in [1.82, 2.24) is 0 Å². The zero-order valence-electron chi connectivity index (χ0n) is 12.6. The highest BCUT2D eigenvalue weighted by molar-refractivity contribution is 6.43. The zero-order chi connectivity index (χ0) is 17.3. The summed E-state index contributed by atoms with van der Waals surface area (Å²) in [6.07, 6.45) is 0. The molecule has 0 unspecified atom stereocenters. The number of benzene rings is 2. The number of fused-ring (bicyclic) bond motifs is 1. The van der Waals surface area contributed by atoms with Gasteiger partial charge in [0.15, 0.2) is 0 Å². The molecule has 3 aromatic rings. The fourth-order valence-corrected chi connectivity index (χ4v) is 2.72. The Morgan fingerprint density at radius 2 is 1.96 bits per heavy atom. The molecule has 0 aliphatic rings. The summed E-state index contributed by atoms with van der Waals surface area (Å²) in [6, 6.07) is 11.5. The van der Waals surface area contributed by atoms with Gasteiger partial charge in [-0.05, 0) is 30.7 Å². The maximum atomic E-state index is 12.2. The van der Waals surface area contributed by atoms with Crippen molar-refractivity contribution in [2.24, 2.45) is 0 Å². The van der Waals surface area contributed by atoms with Gasteiger partial charge in [-0.3, -0.25) is 0 Å². The molecule has 0 saturated carbocycles. The quantitative estimate of drug-likeness (QED) is 0.497. The third-order valence-corrected chi connectivity index (χ3v) is 4.33. The van der Waals surface area contributed by atoms with Crippen LogP contribution in [0.3, 0.4) is 0 Å². The summed E-state index contributed by atoms with van der Waals surface area (Å²) in [7, 11) is 0. The van der Waals surface area contributed by atoms with E-state index in [0.29, 0.717) is 16.5 Å². The number of hydrogen-bond acceptors (Lipinski definition) is 4. The predicted octanol–water partition coefficient (Wildman–Crippen LogP) is 4.77. The Kier molecular flexibility index (Phi) is 4.60. The molecule has 1 heterocycles. The minimum atomic E-state index is -0.615. The SMILES string of the molecule is Cc1ccc2c(COC(=O)c3cccc(Cl)c3Cl)cc(=O)oc2c1. The first kappa shape index (κ1) is 16.6. The molecule has 3 rings (SSSR count). The molecule has 24 heavy (non-hydrogen) atoms. The second-order valence-corrected chi connectivity index (χ2v) is 6.05. The van der Waals surface area contributed by atoms with E-state index < -0.39 is 11.6 Å². The van der Waals surface area contributed by atoms with Gasteiger partial charge in [0.1, 0.15) is 12.2 Å². The number of carbonyl (C=O) groups is 1. The molecule has 4 nitrogen and oxygen atoms in total. The van der Waals surface area contributed by atoms with Gasteiger partial charge in [0.25, 0.3) is 0 Å². The molecule has 1 aromatic heterocycles. The molecule has 0 fully saturated rings. The molecule has 0 aliphatic carbocycles. The van der Waals surface area contributed by atoms with Crippen LogP contribution >= 0.6 is 23.2 Å². The Hall–Kier alpha value is -2.30. The number of esters is 1. The summed E-state index contributed by atoms with van der Waals surface area (Å²) in [5, 5.41) is 1.12.